The highest BCUT2D eigenvalue weighted by molar-refractivity contribution is 6.33. The summed E-state index contributed by atoms with van der Waals surface area (Å²) in [5.74, 6) is -0.744. The molecule has 0 aliphatic rings. The van der Waals surface area contributed by atoms with E-state index < -0.39 is 29.7 Å². The number of aromatic amines is 1. The highest BCUT2D eigenvalue weighted by atomic mass is 35.5. The van der Waals surface area contributed by atoms with E-state index in [1.165, 1.54) is 6.07 Å². The minimum absolute atomic E-state index is 0.0128. The molecule has 1 heterocycles. The highest BCUT2D eigenvalue weighted by Crippen LogP contribution is 2.35. The van der Waals surface area contributed by atoms with Crippen LogP contribution in [0.2, 0.25) is 5.02 Å². The third kappa shape index (κ3) is 4.89. The lowest BCUT2D eigenvalue weighted by Crippen LogP contribution is -2.51. The Morgan fingerprint density at radius 2 is 1.81 bits per heavy atom. The molecular weight excluding hydrogens is 447 g/mol. The van der Waals surface area contributed by atoms with Gasteiger partial charge in [-0.2, -0.15) is 18.2 Å². The molecule has 0 fully saturated rings. The number of benzene rings is 2. The number of nitrogens with one attached hydrogen (secondary N) is 1. The molecule has 1 N–H and O–H groups in total. The molecule has 0 aliphatic carbocycles. The maximum Gasteiger partial charge on any atom is 0.424 e. The van der Waals surface area contributed by atoms with E-state index in [0.717, 1.165) is 7.11 Å². The van der Waals surface area contributed by atoms with Gasteiger partial charge in [0.05, 0.1) is 5.02 Å². The molecule has 10 heteroatoms. The molecule has 0 amide bonds. The summed E-state index contributed by atoms with van der Waals surface area (Å²) in [6, 6.07) is 13.5. The number of carbonyl (C=O) groups is 1. The Morgan fingerprint density at radius 1 is 1.12 bits per heavy atom. The van der Waals surface area contributed by atoms with Crippen LogP contribution in [0.1, 0.15) is 18.9 Å². The van der Waals surface area contributed by atoms with E-state index in [1.807, 2.05) is 6.07 Å². The van der Waals surface area contributed by atoms with Crippen LogP contribution in [0.3, 0.4) is 0 Å². The number of aryl methyl sites for hydroxylation is 1. The fourth-order valence-corrected chi connectivity index (χ4v) is 3.23. The van der Waals surface area contributed by atoms with Gasteiger partial charge in [0.1, 0.15) is 5.82 Å². The molecule has 2 aromatic carbocycles. The van der Waals surface area contributed by atoms with Crippen molar-refractivity contribution in [3.63, 3.8) is 0 Å². The molecule has 6 nitrogen and oxygen atoms in total. The minimum atomic E-state index is -4.84. The van der Waals surface area contributed by atoms with Gasteiger partial charge in [-0.15, -0.1) is 0 Å². The summed E-state index contributed by atoms with van der Waals surface area (Å²) in [4.78, 5) is 35.1. The van der Waals surface area contributed by atoms with Crippen molar-refractivity contribution in [3.05, 3.63) is 69.6 Å². The Labute approximate surface area is 186 Å². The zero-order chi connectivity index (χ0) is 23.5. The van der Waals surface area contributed by atoms with Gasteiger partial charge in [0.25, 0.3) is 0 Å². The predicted octanol–water partition coefficient (Wildman–Crippen LogP) is 4.62. The van der Waals surface area contributed by atoms with Gasteiger partial charge in [-0.25, -0.2) is 9.78 Å². The van der Waals surface area contributed by atoms with Gasteiger partial charge in [-0.3, -0.25) is 9.78 Å². The number of aromatic nitrogens is 3. The van der Waals surface area contributed by atoms with E-state index in [-0.39, 0.29) is 23.1 Å². The maximum absolute atomic E-state index is 13.2. The number of nitrogens with zero attached hydrogens (tertiary/aromatic N) is 2. The quantitative estimate of drug-likeness (QED) is 0.550. The Hall–Kier alpha value is -3.04. The number of H-pyrrole nitrogens is 1. The first kappa shape index (κ1) is 23.6. The average Bonchev–Trinajstić information content (AvgIpc) is 2.77. The van der Waals surface area contributed by atoms with Crippen molar-refractivity contribution >= 4 is 17.4 Å². The number of carbonyl (C=O) groups excluding carboxylic acids is 1. The van der Waals surface area contributed by atoms with Crippen LogP contribution in [0.15, 0.2) is 53.3 Å². The summed E-state index contributed by atoms with van der Waals surface area (Å²) >= 11 is 6.28. The van der Waals surface area contributed by atoms with E-state index in [0.29, 0.717) is 23.6 Å². The Balaban J connectivity index is 1.90. The van der Waals surface area contributed by atoms with Crippen molar-refractivity contribution in [2.45, 2.75) is 31.5 Å². The van der Waals surface area contributed by atoms with E-state index in [2.05, 4.69) is 19.7 Å². The molecule has 0 unspecified atom stereocenters. The van der Waals surface area contributed by atoms with E-state index in [9.17, 15) is 22.8 Å². The van der Waals surface area contributed by atoms with Gasteiger partial charge in [-0.05, 0) is 31.0 Å². The molecular formula is C22H19ClF3N3O3. The third-order valence-electron chi connectivity index (χ3n) is 5.09. The Kier molecular flexibility index (Phi) is 6.80. The van der Waals surface area contributed by atoms with Crippen molar-refractivity contribution in [1.29, 1.82) is 0 Å². The first-order chi connectivity index (χ1) is 15.0. The van der Waals surface area contributed by atoms with Crippen LogP contribution in [0.4, 0.5) is 13.2 Å². The fourth-order valence-electron chi connectivity index (χ4n) is 3.02. The molecule has 1 atom stereocenters. The van der Waals surface area contributed by atoms with Crippen molar-refractivity contribution < 1.29 is 22.7 Å². The van der Waals surface area contributed by atoms with Gasteiger partial charge < -0.3 is 4.74 Å². The molecule has 0 spiro atoms. The Morgan fingerprint density at radius 3 is 2.44 bits per heavy atom. The first-order valence-electron chi connectivity index (χ1n) is 9.53. The summed E-state index contributed by atoms with van der Waals surface area (Å²) in [5, 5.41) is 0.269. The van der Waals surface area contributed by atoms with Crippen LogP contribution in [-0.2, 0) is 16.0 Å². The molecule has 32 heavy (non-hydrogen) atoms. The van der Waals surface area contributed by atoms with Crippen molar-refractivity contribution in [2.24, 2.45) is 0 Å². The van der Waals surface area contributed by atoms with Crippen LogP contribution in [0, 0.1) is 0 Å². The zero-order valence-corrected chi connectivity index (χ0v) is 17.9. The molecule has 1 aromatic heterocycles. The second-order valence-electron chi connectivity index (χ2n) is 7.16. The number of hydrogen-bond acceptors (Lipinski definition) is 5. The van der Waals surface area contributed by atoms with Crippen molar-refractivity contribution in [3.8, 4) is 22.8 Å². The largest absolute Gasteiger partial charge is 0.424 e. The lowest BCUT2D eigenvalue weighted by Gasteiger charge is -2.29. The SMILES string of the molecule is CO[C@@](C)(C(=O)CCc1ccc(Cl)c(-c2nc(-c3ccccc3)nc(=O)[nH]2)c1)C(F)(F)F. The van der Waals surface area contributed by atoms with Crippen LogP contribution >= 0.6 is 11.6 Å². The maximum atomic E-state index is 13.2. The smallest absolute Gasteiger partial charge is 0.362 e. The van der Waals surface area contributed by atoms with E-state index in [4.69, 9.17) is 11.6 Å². The number of ether oxygens (including phenoxy) is 1. The number of halogens is 4. The second kappa shape index (κ2) is 9.22. The monoisotopic (exact) mass is 465 g/mol. The second-order valence-corrected chi connectivity index (χ2v) is 7.57. The van der Waals surface area contributed by atoms with Crippen LogP contribution in [0.5, 0.6) is 0 Å². The zero-order valence-electron chi connectivity index (χ0n) is 17.2. The highest BCUT2D eigenvalue weighted by Gasteiger charge is 2.56. The number of alkyl halides is 3. The third-order valence-corrected chi connectivity index (χ3v) is 5.42. The van der Waals surface area contributed by atoms with Gasteiger partial charge in [0.15, 0.2) is 11.6 Å². The number of hydrogen-bond donors (Lipinski definition) is 1. The standard InChI is InChI=1S/C22H19ClF3N3O3/c1-21(32-2,22(24,25)26)17(30)11-9-13-8-10-16(23)15(12-13)19-27-18(28-20(31)29-19)14-6-4-3-5-7-14/h3-8,10,12H,9,11H2,1-2H3,(H,27,28,29,31)/t21-/m0/s1. The summed E-state index contributed by atoms with van der Waals surface area (Å²) in [5.41, 5.74) is -1.99. The minimum Gasteiger partial charge on any atom is -0.362 e. The molecule has 0 bridgehead atoms. The van der Waals surface area contributed by atoms with Crippen LogP contribution in [-0.4, -0.2) is 39.6 Å². The number of methoxy groups -OCH3 is 1. The number of rotatable bonds is 7. The van der Waals surface area contributed by atoms with Gasteiger partial charge in [-0.1, -0.05) is 48.0 Å². The molecule has 0 saturated carbocycles. The van der Waals surface area contributed by atoms with E-state index >= 15 is 0 Å². The molecule has 3 aromatic rings. The van der Waals surface area contributed by atoms with Crippen molar-refractivity contribution in [2.75, 3.05) is 7.11 Å². The number of ketones is 1. The first-order valence-corrected chi connectivity index (χ1v) is 9.90. The fraction of sp³-hybridized carbons (Fsp3) is 0.273. The topological polar surface area (TPSA) is 84.9 Å². The predicted molar refractivity (Wildman–Crippen MR) is 113 cm³/mol. The van der Waals surface area contributed by atoms with Gasteiger partial charge in [0, 0.05) is 24.7 Å². The van der Waals surface area contributed by atoms with Gasteiger partial charge in [0.2, 0.25) is 5.60 Å². The molecule has 3 rings (SSSR count). The summed E-state index contributed by atoms with van der Waals surface area (Å²) < 4.78 is 44.2. The van der Waals surface area contributed by atoms with E-state index in [1.54, 1.807) is 36.4 Å². The van der Waals surface area contributed by atoms with Crippen LogP contribution in [0.25, 0.3) is 22.8 Å². The number of Topliss-reactive ketones (excluding diaryl/α,β-unsaturated/α-hetero) is 1. The summed E-state index contributed by atoms with van der Waals surface area (Å²) in [6.45, 7) is 0.708. The molecule has 0 saturated heterocycles. The summed E-state index contributed by atoms with van der Waals surface area (Å²) in [6.07, 6.45) is -5.22. The van der Waals surface area contributed by atoms with Crippen molar-refractivity contribution in [1.82, 2.24) is 15.0 Å². The van der Waals surface area contributed by atoms with Crippen LogP contribution < -0.4 is 5.69 Å². The molecule has 0 aliphatic heterocycles. The van der Waals surface area contributed by atoms with Gasteiger partial charge >= 0.3 is 11.9 Å². The molecule has 168 valence electrons. The molecule has 0 radical (unpaired) electrons. The lowest BCUT2D eigenvalue weighted by atomic mass is 9.94. The Bertz CT molecular complexity index is 1180. The summed E-state index contributed by atoms with van der Waals surface area (Å²) in [7, 11) is 0.849. The lowest BCUT2D eigenvalue weighted by molar-refractivity contribution is -0.252. The average molecular weight is 466 g/mol. The normalized spacial score (nSPS) is 13.6.